The number of H-pyrrole nitrogens is 1. The Bertz CT molecular complexity index is 700. The first-order chi connectivity index (χ1) is 10.5. The van der Waals surface area contributed by atoms with E-state index in [1.165, 1.54) is 27.4 Å². The molecule has 7 heteroatoms. The first-order valence-electron chi connectivity index (χ1n) is 6.67. The first kappa shape index (κ1) is 15.8. The standard InChI is InChI=1S/C15H19N3O4/c1-8(16)10-7-13(19)18-15(17-10)9-5-11(20-2)14(22-4)12(6-9)21-3/h5-8H,16H2,1-4H3,(H,17,18,19). The van der Waals surface area contributed by atoms with Gasteiger partial charge in [-0.05, 0) is 19.1 Å². The third kappa shape index (κ3) is 3.04. The van der Waals surface area contributed by atoms with E-state index >= 15 is 0 Å². The van der Waals surface area contributed by atoms with Crippen molar-refractivity contribution >= 4 is 0 Å². The van der Waals surface area contributed by atoms with Crippen LogP contribution in [0.25, 0.3) is 11.4 Å². The molecule has 1 aromatic heterocycles. The number of rotatable bonds is 5. The van der Waals surface area contributed by atoms with Crippen molar-refractivity contribution < 1.29 is 14.2 Å². The van der Waals surface area contributed by atoms with Gasteiger partial charge in [-0.1, -0.05) is 0 Å². The van der Waals surface area contributed by atoms with Crippen molar-refractivity contribution in [3.05, 3.63) is 34.2 Å². The molecular formula is C15H19N3O4. The molecule has 0 aliphatic rings. The lowest BCUT2D eigenvalue weighted by Gasteiger charge is -2.14. The van der Waals surface area contributed by atoms with Gasteiger partial charge in [0.05, 0.1) is 27.0 Å². The summed E-state index contributed by atoms with van der Waals surface area (Å²) in [4.78, 5) is 18.8. The van der Waals surface area contributed by atoms with Crippen LogP contribution in [0.3, 0.4) is 0 Å². The topological polar surface area (TPSA) is 99.5 Å². The van der Waals surface area contributed by atoms with Gasteiger partial charge in [-0.2, -0.15) is 0 Å². The van der Waals surface area contributed by atoms with E-state index < -0.39 is 0 Å². The minimum absolute atomic E-state index is 0.272. The molecule has 22 heavy (non-hydrogen) atoms. The quantitative estimate of drug-likeness (QED) is 0.868. The molecule has 0 aliphatic carbocycles. The van der Waals surface area contributed by atoms with Crippen LogP contribution in [0.2, 0.25) is 0 Å². The second-order valence-electron chi connectivity index (χ2n) is 4.72. The Hall–Kier alpha value is -2.54. The van der Waals surface area contributed by atoms with Crippen LogP contribution in [-0.4, -0.2) is 31.3 Å². The second kappa shape index (κ2) is 6.48. The highest BCUT2D eigenvalue weighted by Gasteiger charge is 2.16. The summed E-state index contributed by atoms with van der Waals surface area (Å²) in [5.41, 5.74) is 6.67. The summed E-state index contributed by atoms with van der Waals surface area (Å²) in [5, 5.41) is 0. The minimum Gasteiger partial charge on any atom is -0.493 e. The van der Waals surface area contributed by atoms with Crippen molar-refractivity contribution in [1.82, 2.24) is 9.97 Å². The molecule has 118 valence electrons. The summed E-state index contributed by atoms with van der Waals surface area (Å²) in [6.07, 6.45) is 0. The molecule has 0 spiro atoms. The van der Waals surface area contributed by atoms with E-state index in [-0.39, 0.29) is 11.6 Å². The van der Waals surface area contributed by atoms with Crippen molar-refractivity contribution in [2.24, 2.45) is 5.73 Å². The number of nitrogens with two attached hydrogens (primary N) is 1. The van der Waals surface area contributed by atoms with Crippen LogP contribution < -0.4 is 25.5 Å². The zero-order chi connectivity index (χ0) is 16.3. The monoisotopic (exact) mass is 305 g/mol. The Labute approximate surface area is 128 Å². The molecule has 1 atom stereocenters. The summed E-state index contributed by atoms with van der Waals surface area (Å²) in [6, 6.07) is 4.46. The number of benzene rings is 1. The number of hydrogen-bond donors (Lipinski definition) is 2. The van der Waals surface area contributed by atoms with Crippen LogP contribution in [0.5, 0.6) is 17.2 Å². The van der Waals surface area contributed by atoms with E-state index in [0.29, 0.717) is 34.3 Å². The number of ether oxygens (including phenoxy) is 3. The molecule has 0 aliphatic heterocycles. The van der Waals surface area contributed by atoms with Crippen LogP contribution in [0.15, 0.2) is 23.0 Å². The lowest BCUT2D eigenvalue weighted by Crippen LogP contribution is -2.15. The molecule has 0 saturated heterocycles. The number of hydrogen-bond acceptors (Lipinski definition) is 6. The summed E-state index contributed by atoms with van der Waals surface area (Å²) < 4.78 is 15.9. The molecule has 2 rings (SSSR count). The lowest BCUT2D eigenvalue weighted by atomic mass is 10.1. The predicted octanol–water partition coefficient (Wildman–Crippen LogP) is 1.48. The Morgan fingerprint density at radius 1 is 1.09 bits per heavy atom. The maximum atomic E-state index is 11.8. The molecule has 1 heterocycles. The summed E-state index contributed by atoms with van der Waals surface area (Å²) in [7, 11) is 4.57. The van der Waals surface area contributed by atoms with Crippen molar-refractivity contribution in [2.75, 3.05) is 21.3 Å². The molecule has 0 amide bonds. The third-order valence-electron chi connectivity index (χ3n) is 3.17. The van der Waals surface area contributed by atoms with E-state index in [1.807, 2.05) is 0 Å². The van der Waals surface area contributed by atoms with E-state index in [0.717, 1.165) is 0 Å². The third-order valence-corrected chi connectivity index (χ3v) is 3.17. The van der Waals surface area contributed by atoms with Gasteiger partial charge in [0.25, 0.3) is 5.56 Å². The fraction of sp³-hybridized carbons (Fsp3) is 0.333. The molecule has 0 radical (unpaired) electrons. The van der Waals surface area contributed by atoms with E-state index in [4.69, 9.17) is 19.9 Å². The van der Waals surface area contributed by atoms with E-state index in [1.54, 1.807) is 19.1 Å². The van der Waals surface area contributed by atoms with Gasteiger partial charge < -0.3 is 24.9 Å². The Morgan fingerprint density at radius 2 is 1.68 bits per heavy atom. The minimum atomic E-state index is -0.344. The number of methoxy groups -OCH3 is 3. The number of nitrogens with one attached hydrogen (secondary N) is 1. The maximum absolute atomic E-state index is 11.8. The van der Waals surface area contributed by atoms with Crippen LogP contribution >= 0.6 is 0 Å². The average Bonchev–Trinajstić information content (AvgIpc) is 2.52. The number of aromatic amines is 1. The van der Waals surface area contributed by atoms with Gasteiger partial charge >= 0.3 is 0 Å². The Balaban J connectivity index is 2.65. The summed E-state index contributed by atoms with van der Waals surface area (Å²) >= 11 is 0. The molecule has 7 nitrogen and oxygen atoms in total. The number of nitrogens with zero attached hydrogens (tertiary/aromatic N) is 1. The van der Waals surface area contributed by atoms with Crippen LogP contribution in [-0.2, 0) is 0 Å². The largest absolute Gasteiger partial charge is 0.493 e. The highest BCUT2D eigenvalue weighted by atomic mass is 16.5. The normalized spacial score (nSPS) is 11.9. The van der Waals surface area contributed by atoms with Crippen molar-refractivity contribution in [3.63, 3.8) is 0 Å². The molecule has 2 aromatic rings. The Kier molecular flexibility index (Phi) is 4.67. The average molecular weight is 305 g/mol. The SMILES string of the molecule is COc1cc(-c2nc(C(C)N)cc(=O)[nH]2)cc(OC)c1OC. The van der Waals surface area contributed by atoms with Gasteiger partial charge in [-0.3, -0.25) is 4.79 Å². The first-order valence-corrected chi connectivity index (χ1v) is 6.67. The van der Waals surface area contributed by atoms with Crippen LogP contribution in [0.4, 0.5) is 0 Å². The molecule has 1 aromatic carbocycles. The maximum Gasteiger partial charge on any atom is 0.251 e. The molecule has 3 N–H and O–H groups in total. The fourth-order valence-corrected chi connectivity index (χ4v) is 2.06. The smallest absolute Gasteiger partial charge is 0.251 e. The predicted molar refractivity (Wildman–Crippen MR) is 82.6 cm³/mol. The van der Waals surface area contributed by atoms with Gasteiger partial charge in [0.2, 0.25) is 5.75 Å². The Morgan fingerprint density at radius 3 is 2.14 bits per heavy atom. The van der Waals surface area contributed by atoms with Crippen LogP contribution in [0, 0.1) is 0 Å². The second-order valence-corrected chi connectivity index (χ2v) is 4.72. The fourth-order valence-electron chi connectivity index (χ4n) is 2.06. The van der Waals surface area contributed by atoms with Gasteiger partial charge in [-0.15, -0.1) is 0 Å². The molecular weight excluding hydrogens is 286 g/mol. The summed E-state index contributed by atoms with van der Waals surface area (Å²) in [6.45, 7) is 1.76. The van der Waals surface area contributed by atoms with Crippen molar-refractivity contribution in [2.45, 2.75) is 13.0 Å². The highest BCUT2D eigenvalue weighted by molar-refractivity contribution is 5.66. The number of aromatic nitrogens is 2. The van der Waals surface area contributed by atoms with E-state index in [2.05, 4.69) is 9.97 Å². The lowest BCUT2D eigenvalue weighted by molar-refractivity contribution is 0.324. The van der Waals surface area contributed by atoms with Gasteiger partial charge in [-0.25, -0.2) is 4.98 Å². The molecule has 0 bridgehead atoms. The zero-order valence-corrected chi connectivity index (χ0v) is 13.0. The van der Waals surface area contributed by atoms with E-state index in [9.17, 15) is 4.79 Å². The van der Waals surface area contributed by atoms with Gasteiger partial charge in [0.1, 0.15) is 5.82 Å². The van der Waals surface area contributed by atoms with Gasteiger partial charge in [0.15, 0.2) is 11.5 Å². The van der Waals surface area contributed by atoms with Crippen LogP contribution in [0.1, 0.15) is 18.7 Å². The highest BCUT2D eigenvalue weighted by Crippen LogP contribution is 2.40. The van der Waals surface area contributed by atoms with Gasteiger partial charge in [0, 0.05) is 17.7 Å². The zero-order valence-electron chi connectivity index (χ0n) is 13.0. The molecule has 0 fully saturated rings. The molecule has 1 unspecified atom stereocenters. The van der Waals surface area contributed by atoms with Crippen molar-refractivity contribution in [3.8, 4) is 28.6 Å². The van der Waals surface area contributed by atoms with Crippen molar-refractivity contribution in [1.29, 1.82) is 0 Å². The summed E-state index contributed by atoms with van der Waals surface area (Å²) in [5.74, 6) is 1.81. The molecule has 0 saturated carbocycles.